The Hall–Kier alpha value is -2.91. The van der Waals surface area contributed by atoms with E-state index in [2.05, 4.69) is 34.6 Å². The van der Waals surface area contributed by atoms with Gasteiger partial charge in [0.2, 0.25) is 11.0 Å². The number of nitrogens with one attached hydrogen (secondary N) is 2. The minimum atomic E-state index is -3.82. The minimum Gasteiger partial charge on any atom is -0.442 e. The molecule has 1 saturated heterocycles. The highest BCUT2D eigenvalue weighted by Crippen LogP contribution is 2.28. The zero-order chi connectivity index (χ0) is 21.8. The van der Waals surface area contributed by atoms with Gasteiger partial charge in [-0.05, 0) is 48.6 Å². The van der Waals surface area contributed by atoms with Gasteiger partial charge in [-0.15, -0.1) is 0 Å². The van der Waals surface area contributed by atoms with Crippen LogP contribution in [-0.2, 0) is 27.8 Å². The van der Waals surface area contributed by atoms with Gasteiger partial charge in [-0.3, -0.25) is 9.89 Å². The molecule has 0 unspecified atom stereocenters. The number of carbonyl (C=O) groups excluding carboxylic acids is 1. The van der Waals surface area contributed by atoms with Crippen molar-refractivity contribution in [2.75, 3.05) is 13.1 Å². The monoisotopic (exact) mass is 442 g/mol. The molecule has 1 fully saturated rings. The lowest BCUT2D eigenvalue weighted by Gasteiger charge is -2.30. The molecule has 1 amide bonds. The molecule has 4 rings (SSSR count). The van der Waals surface area contributed by atoms with Crippen molar-refractivity contribution in [1.29, 1.82) is 0 Å². The average Bonchev–Trinajstić information content (AvgIpc) is 3.50. The fraction of sp³-hybridized carbons (Fsp3) is 0.364. The Bertz CT molecular complexity index is 1120. The summed E-state index contributed by atoms with van der Waals surface area (Å²) in [5, 5.41) is 9.41. The zero-order valence-electron chi connectivity index (χ0n) is 17.4. The van der Waals surface area contributed by atoms with Gasteiger partial charge in [0.25, 0.3) is 10.0 Å². The molecule has 164 valence electrons. The number of rotatable bonds is 7. The maximum atomic E-state index is 13.1. The summed E-state index contributed by atoms with van der Waals surface area (Å²) >= 11 is 0. The number of hydrogen-bond acceptors (Lipinski definition) is 5. The zero-order valence-corrected chi connectivity index (χ0v) is 18.2. The molecule has 0 saturated carbocycles. The van der Waals surface area contributed by atoms with Gasteiger partial charge in [-0.25, -0.2) is 8.42 Å². The number of aromatic nitrogens is 2. The Morgan fingerprint density at radius 3 is 2.68 bits per heavy atom. The normalized spacial score (nSPS) is 17.5. The molecular weight excluding hydrogens is 416 g/mol. The second-order valence-electron chi connectivity index (χ2n) is 7.68. The molecule has 8 nitrogen and oxygen atoms in total. The molecule has 2 aromatic heterocycles. The van der Waals surface area contributed by atoms with Crippen LogP contribution in [0.4, 0.5) is 0 Å². The fourth-order valence-corrected chi connectivity index (χ4v) is 5.16. The third kappa shape index (κ3) is 4.72. The Balaban J connectivity index is 1.39. The quantitative estimate of drug-likeness (QED) is 0.585. The van der Waals surface area contributed by atoms with Crippen molar-refractivity contribution in [3.63, 3.8) is 0 Å². The molecule has 1 aromatic carbocycles. The lowest BCUT2D eigenvalue weighted by molar-refractivity contribution is -0.126. The van der Waals surface area contributed by atoms with E-state index in [1.54, 1.807) is 18.3 Å². The van der Waals surface area contributed by atoms with Gasteiger partial charge in [-0.2, -0.15) is 9.40 Å². The van der Waals surface area contributed by atoms with E-state index < -0.39 is 10.0 Å². The Morgan fingerprint density at radius 1 is 1.19 bits per heavy atom. The van der Waals surface area contributed by atoms with Crippen molar-refractivity contribution in [2.45, 2.75) is 37.8 Å². The number of benzene rings is 1. The van der Waals surface area contributed by atoms with Gasteiger partial charge in [-0.1, -0.05) is 31.2 Å². The largest absolute Gasteiger partial charge is 0.442 e. The van der Waals surface area contributed by atoms with E-state index >= 15 is 0 Å². The summed E-state index contributed by atoms with van der Waals surface area (Å²) in [7, 11) is -3.82. The van der Waals surface area contributed by atoms with Crippen LogP contribution in [0.15, 0.2) is 58.2 Å². The predicted molar refractivity (Wildman–Crippen MR) is 115 cm³/mol. The lowest BCUT2D eigenvalue weighted by Crippen LogP contribution is -2.45. The van der Waals surface area contributed by atoms with E-state index in [0.717, 1.165) is 12.0 Å². The highest BCUT2D eigenvalue weighted by molar-refractivity contribution is 7.89. The number of carbonyl (C=O) groups is 1. The van der Waals surface area contributed by atoms with Gasteiger partial charge in [0.1, 0.15) is 5.69 Å². The van der Waals surface area contributed by atoms with Crippen molar-refractivity contribution in [1.82, 2.24) is 19.8 Å². The number of nitrogens with zero attached hydrogens (tertiary/aromatic N) is 2. The molecule has 0 spiro atoms. The van der Waals surface area contributed by atoms with Crippen molar-refractivity contribution < 1.29 is 17.6 Å². The summed E-state index contributed by atoms with van der Waals surface area (Å²) in [6.07, 6.45) is 3.82. The van der Waals surface area contributed by atoms with E-state index in [0.29, 0.717) is 37.4 Å². The summed E-state index contributed by atoms with van der Waals surface area (Å²) in [6.45, 7) is 3.03. The van der Waals surface area contributed by atoms with E-state index in [1.165, 1.54) is 15.9 Å². The summed E-state index contributed by atoms with van der Waals surface area (Å²) in [5.41, 5.74) is 2.87. The molecule has 31 heavy (non-hydrogen) atoms. The number of amides is 1. The second kappa shape index (κ2) is 9.07. The number of furan rings is 1. The highest BCUT2D eigenvalue weighted by Gasteiger charge is 2.35. The molecular formula is C22H26N4O4S. The molecule has 0 bridgehead atoms. The van der Waals surface area contributed by atoms with Gasteiger partial charge in [0, 0.05) is 25.8 Å². The number of aromatic amines is 1. The Labute approximate surface area is 181 Å². The Morgan fingerprint density at radius 2 is 1.97 bits per heavy atom. The predicted octanol–water partition coefficient (Wildman–Crippen LogP) is 2.95. The molecule has 3 aromatic rings. The SMILES string of the molecule is CCc1ccc(CNC(=O)[C@H]2CCCN(S(=O)(=O)c3ccc(-c4ccn[nH]4)o3)C2)cc1. The number of piperidine rings is 1. The van der Waals surface area contributed by atoms with E-state index in [4.69, 9.17) is 4.42 Å². The Kier molecular flexibility index (Phi) is 6.24. The summed E-state index contributed by atoms with van der Waals surface area (Å²) in [6, 6.07) is 12.9. The van der Waals surface area contributed by atoms with Crippen molar-refractivity contribution >= 4 is 15.9 Å². The van der Waals surface area contributed by atoms with Crippen LogP contribution in [0.25, 0.3) is 11.5 Å². The van der Waals surface area contributed by atoms with Crippen LogP contribution < -0.4 is 5.32 Å². The average molecular weight is 443 g/mol. The van der Waals surface area contributed by atoms with Crippen molar-refractivity contribution in [3.8, 4) is 11.5 Å². The molecule has 0 aliphatic carbocycles. The fourth-order valence-electron chi connectivity index (χ4n) is 3.72. The van der Waals surface area contributed by atoms with Crippen LogP contribution in [-0.4, -0.2) is 41.9 Å². The minimum absolute atomic E-state index is 0.128. The van der Waals surface area contributed by atoms with Crippen molar-refractivity contribution in [2.24, 2.45) is 5.92 Å². The van der Waals surface area contributed by atoms with Gasteiger partial charge in [0.05, 0.1) is 5.92 Å². The first-order valence-electron chi connectivity index (χ1n) is 10.4. The van der Waals surface area contributed by atoms with Crippen LogP contribution in [0.1, 0.15) is 30.9 Å². The number of H-pyrrole nitrogens is 1. The van der Waals surface area contributed by atoms with E-state index in [-0.39, 0.29) is 23.5 Å². The van der Waals surface area contributed by atoms with E-state index in [9.17, 15) is 13.2 Å². The van der Waals surface area contributed by atoms with Gasteiger partial charge in [0.15, 0.2) is 5.76 Å². The summed E-state index contributed by atoms with van der Waals surface area (Å²) in [5.74, 6) is -0.117. The molecule has 9 heteroatoms. The summed E-state index contributed by atoms with van der Waals surface area (Å²) in [4.78, 5) is 12.7. The number of sulfonamides is 1. The van der Waals surface area contributed by atoms with Crippen LogP contribution in [0.5, 0.6) is 0 Å². The first-order valence-corrected chi connectivity index (χ1v) is 11.9. The van der Waals surface area contributed by atoms with Crippen LogP contribution in [0.3, 0.4) is 0 Å². The van der Waals surface area contributed by atoms with E-state index in [1.807, 2.05) is 12.1 Å². The maximum Gasteiger partial charge on any atom is 0.276 e. The first-order chi connectivity index (χ1) is 15.0. The van der Waals surface area contributed by atoms with Crippen LogP contribution >= 0.6 is 0 Å². The standard InChI is InChI=1S/C22H26N4O4S/c1-2-16-5-7-17(8-6-16)14-23-22(27)18-4-3-13-26(15-18)31(28,29)21-10-9-20(30-21)19-11-12-24-25-19/h5-12,18H,2-4,13-15H2,1H3,(H,23,27)(H,24,25)/t18-/m0/s1. The molecule has 1 aliphatic rings. The number of aryl methyl sites for hydroxylation is 1. The third-order valence-electron chi connectivity index (χ3n) is 5.59. The molecule has 1 atom stereocenters. The molecule has 2 N–H and O–H groups in total. The maximum absolute atomic E-state index is 13.1. The summed E-state index contributed by atoms with van der Waals surface area (Å²) < 4.78 is 33.0. The lowest BCUT2D eigenvalue weighted by atomic mass is 9.98. The highest BCUT2D eigenvalue weighted by atomic mass is 32.2. The molecule has 0 radical (unpaired) electrons. The topological polar surface area (TPSA) is 108 Å². The van der Waals surface area contributed by atoms with Crippen LogP contribution in [0, 0.1) is 5.92 Å². The molecule has 1 aliphatic heterocycles. The third-order valence-corrected chi connectivity index (χ3v) is 7.33. The number of hydrogen-bond donors (Lipinski definition) is 2. The van der Waals surface area contributed by atoms with Crippen molar-refractivity contribution in [3.05, 3.63) is 59.8 Å². The van der Waals surface area contributed by atoms with Gasteiger partial charge >= 0.3 is 0 Å². The second-order valence-corrected chi connectivity index (χ2v) is 9.55. The van der Waals surface area contributed by atoms with Gasteiger partial charge < -0.3 is 9.73 Å². The van der Waals surface area contributed by atoms with Crippen LogP contribution in [0.2, 0.25) is 0 Å². The smallest absolute Gasteiger partial charge is 0.276 e. The molecule has 3 heterocycles. The first kappa shape index (κ1) is 21.3.